The van der Waals surface area contributed by atoms with E-state index in [1.807, 2.05) is 94.6 Å². The first kappa shape index (κ1) is 33.6. The number of urea groups is 1. The van der Waals surface area contributed by atoms with E-state index in [0.717, 1.165) is 23.2 Å². The third kappa shape index (κ3) is 8.25. The lowest BCUT2D eigenvalue weighted by Crippen LogP contribution is -2.57. The lowest BCUT2D eigenvalue weighted by molar-refractivity contribution is 0.0615. The van der Waals surface area contributed by atoms with Gasteiger partial charge in [-0.25, -0.2) is 22.6 Å². The number of sulfonamides is 1. The molecule has 1 aliphatic heterocycles. The number of piperazine rings is 1. The molecule has 1 fully saturated rings. The van der Waals surface area contributed by atoms with E-state index in [1.165, 1.54) is 4.31 Å². The number of amides is 2. The summed E-state index contributed by atoms with van der Waals surface area (Å²) >= 11 is 0. The zero-order chi connectivity index (χ0) is 31.9. The number of alkyl halides is 1. The van der Waals surface area contributed by atoms with E-state index in [9.17, 15) is 13.2 Å². The van der Waals surface area contributed by atoms with Crippen molar-refractivity contribution in [3.8, 4) is 11.3 Å². The number of rotatable bonds is 12. The smallest absolute Gasteiger partial charge is 0.320 e. The fourth-order valence-corrected chi connectivity index (χ4v) is 7.31. The Hall–Kier alpha value is -3.28. The molecule has 0 bridgehead atoms. The number of benzene rings is 2. The summed E-state index contributed by atoms with van der Waals surface area (Å²) in [5, 5.41) is 0. The maximum absolute atomic E-state index is 15.2. The highest BCUT2D eigenvalue weighted by atomic mass is 32.2. The fourth-order valence-electron chi connectivity index (χ4n) is 5.67. The number of carbonyl (C=O) groups excluding carboxylic acids is 1. The van der Waals surface area contributed by atoms with Crippen LogP contribution in [0.4, 0.5) is 9.18 Å². The van der Waals surface area contributed by atoms with Crippen LogP contribution >= 0.6 is 0 Å². The summed E-state index contributed by atoms with van der Waals surface area (Å²) in [5.41, 5.74) is 7.98. The van der Waals surface area contributed by atoms with Gasteiger partial charge in [-0.2, -0.15) is 4.31 Å². The second kappa shape index (κ2) is 14.7. The van der Waals surface area contributed by atoms with E-state index < -0.39 is 27.7 Å². The minimum atomic E-state index is -3.39. The van der Waals surface area contributed by atoms with E-state index in [1.54, 1.807) is 9.80 Å². The van der Waals surface area contributed by atoms with Gasteiger partial charge in [0.1, 0.15) is 12.0 Å². The molecule has 1 aromatic heterocycles. The Morgan fingerprint density at radius 2 is 1.64 bits per heavy atom. The number of carbonyl (C=O) groups is 1. The van der Waals surface area contributed by atoms with Crippen molar-refractivity contribution in [1.29, 1.82) is 0 Å². The van der Waals surface area contributed by atoms with Gasteiger partial charge < -0.3 is 20.1 Å². The van der Waals surface area contributed by atoms with Gasteiger partial charge in [-0.1, -0.05) is 94.8 Å². The van der Waals surface area contributed by atoms with Crippen molar-refractivity contribution in [2.75, 3.05) is 45.0 Å². The second-order valence-electron chi connectivity index (χ2n) is 12.6. The van der Waals surface area contributed by atoms with Crippen molar-refractivity contribution < 1.29 is 17.6 Å². The first-order chi connectivity index (χ1) is 20.9. The number of nitrogens with zero attached hydrogens (tertiary/aromatic N) is 5. The number of unbranched alkanes of at least 4 members (excludes halogenated alkanes) is 1. The highest BCUT2D eigenvalue weighted by Gasteiger charge is 2.41. The molecule has 0 saturated carbocycles. The zero-order valence-corrected chi connectivity index (χ0v) is 27.2. The van der Waals surface area contributed by atoms with Crippen LogP contribution in [0.25, 0.3) is 11.3 Å². The molecule has 44 heavy (non-hydrogen) atoms. The summed E-state index contributed by atoms with van der Waals surface area (Å²) in [6.07, 6.45) is 1.94. The Labute approximate surface area is 261 Å². The number of nitrogens with two attached hydrogens (primary N) is 1. The predicted octanol–water partition coefficient (Wildman–Crippen LogP) is 5.15. The van der Waals surface area contributed by atoms with E-state index in [-0.39, 0.29) is 51.1 Å². The summed E-state index contributed by atoms with van der Waals surface area (Å²) in [6, 6.07) is 18.9. The highest BCUT2D eigenvalue weighted by molar-refractivity contribution is 7.89. The largest absolute Gasteiger partial charge is 0.328 e. The average molecular weight is 627 g/mol. The van der Waals surface area contributed by atoms with Gasteiger partial charge in [-0.15, -0.1) is 0 Å². The molecule has 4 rings (SSSR count). The lowest BCUT2D eigenvalue weighted by atomic mass is 9.84. The molecule has 2 N–H and O–H groups in total. The number of halogens is 1. The third-order valence-corrected chi connectivity index (χ3v) is 9.96. The molecule has 0 unspecified atom stereocenters. The Morgan fingerprint density at radius 3 is 2.20 bits per heavy atom. The molecule has 2 heterocycles. The van der Waals surface area contributed by atoms with Gasteiger partial charge in [0.05, 0.1) is 24.0 Å². The van der Waals surface area contributed by atoms with Crippen molar-refractivity contribution in [3.05, 3.63) is 78.2 Å². The Kier molecular flexibility index (Phi) is 11.2. The van der Waals surface area contributed by atoms with Gasteiger partial charge in [0.2, 0.25) is 10.0 Å². The van der Waals surface area contributed by atoms with Crippen molar-refractivity contribution >= 4 is 16.1 Å². The molecule has 240 valence electrons. The maximum Gasteiger partial charge on any atom is 0.320 e. The molecule has 9 nitrogen and oxygen atoms in total. The summed E-state index contributed by atoms with van der Waals surface area (Å²) in [4.78, 5) is 22.6. The normalized spacial score (nSPS) is 16.1. The number of hydrogen-bond acceptors (Lipinski definition) is 5. The molecule has 0 aliphatic carbocycles. The minimum Gasteiger partial charge on any atom is -0.328 e. The van der Waals surface area contributed by atoms with Crippen molar-refractivity contribution in [2.24, 2.45) is 11.1 Å². The second-order valence-corrected chi connectivity index (χ2v) is 14.6. The summed E-state index contributed by atoms with van der Waals surface area (Å²) in [7, 11) is -3.39. The van der Waals surface area contributed by atoms with Crippen LogP contribution in [0.2, 0.25) is 0 Å². The van der Waals surface area contributed by atoms with Crippen LogP contribution in [0.5, 0.6) is 0 Å². The number of imidazole rings is 1. The van der Waals surface area contributed by atoms with Crippen molar-refractivity contribution in [3.63, 3.8) is 0 Å². The van der Waals surface area contributed by atoms with E-state index in [4.69, 9.17) is 10.7 Å². The van der Waals surface area contributed by atoms with Crippen molar-refractivity contribution in [2.45, 2.75) is 59.3 Å². The quantitative estimate of drug-likeness (QED) is 0.299. The van der Waals surface area contributed by atoms with Gasteiger partial charge in [-0.05, 0) is 17.4 Å². The molecule has 1 saturated heterocycles. The number of hydrogen-bond donors (Lipinski definition) is 1. The van der Waals surface area contributed by atoms with E-state index >= 15 is 4.39 Å². The molecule has 2 atom stereocenters. The standard InChI is InChI=1S/C33H47FN6O3S/c1-5-6-21-44(42,43)39-19-17-37(18-20-39)32(41)40(24-28(34)22-35)30(33(2,3)4)31-36-29(27-15-11-8-12-16-27)25-38(31)23-26-13-9-7-10-14-26/h7-16,25,28,30H,5-6,17-24,35H2,1-4H3/t28-,30+/m1/s1. The topological polar surface area (TPSA) is 105 Å². The predicted molar refractivity (Wildman–Crippen MR) is 173 cm³/mol. The molecule has 3 aromatic rings. The maximum atomic E-state index is 15.2. The van der Waals surface area contributed by atoms with E-state index in [0.29, 0.717) is 18.8 Å². The van der Waals surface area contributed by atoms with Crippen LogP contribution in [0.15, 0.2) is 66.9 Å². The third-order valence-electron chi connectivity index (χ3n) is 8.00. The summed E-state index contributed by atoms with van der Waals surface area (Å²) in [5.74, 6) is 0.752. The summed E-state index contributed by atoms with van der Waals surface area (Å²) < 4.78 is 44.3. The first-order valence-corrected chi connectivity index (χ1v) is 17.1. The monoisotopic (exact) mass is 626 g/mol. The lowest BCUT2D eigenvalue weighted by Gasteiger charge is -2.44. The Bertz CT molecular complexity index is 1450. The van der Waals surface area contributed by atoms with Gasteiger partial charge in [-0.3, -0.25) is 0 Å². The van der Waals surface area contributed by atoms with Crippen molar-refractivity contribution in [1.82, 2.24) is 23.7 Å². The van der Waals surface area contributed by atoms with Gasteiger partial charge in [0.15, 0.2) is 0 Å². The van der Waals surface area contributed by atoms with Crippen LogP contribution in [-0.2, 0) is 16.6 Å². The van der Waals surface area contributed by atoms with Crippen LogP contribution in [0, 0.1) is 5.41 Å². The van der Waals surface area contributed by atoms with Crippen LogP contribution in [-0.4, -0.2) is 89.3 Å². The molecular weight excluding hydrogens is 579 g/mol. The Balaban J connectivity index is 1.72. The number of aromatic nitrogens is 2. The van der Waals surface area contributed by atoms with Gasteiger partial charge in [0.25, 0.3) is 0 Å². The molecule has 2 amide bonds. The molecule has 0 radical (unpaired) electrons. The highest BCUT2D eigenvalue weighted by Crippen LogP contribution is 2.40. The first-order valence-electron chi connectivity index (χ1n) is 15.5. The fraction of sp³-hybridized carbons (Fsp3) is 0.515. The zero-order valence-electron chi connectivity index (χ0n) is 26.4. The minimum absolute atomic E-state index is 0.101. The molecule has 0 spiro atoms. The summed E-state index contributed by atoms with van der Waals surface area (Å²) in [6.45, 7) is 9.00. The molecular formula is C33H47FN6O3S. The van der Waals surface area contributed by atoms with Crippen LogP contribution in [0.1, 0.15) is 58.0 Å². The van der Waals surface area contributed by atoms with Crippen LogP contribution < -0.4 is 5.73 Å². The molecule has 1 aliphatic rings. The van der Waals surface area contributed by atoms with Crippen LogP contribution in [0.3, 0.4) is 0 Å². The molecule has 2 aromatic carbocycles. The SMILES string of the molecule is CCCCS(=O)(=O)N1CCN(C(=O)N(C[C@H](F)CN)[C@@H](c2nc(-c3ccccc3)cn2Cc2ccccc2)C(C)(C)C)CC1. The van der Waals surface area contributed by atoms with Gasteiger partial charge in [0, 0.05) is 51.0 Å². The Morgan fingerprint density at radius 1 is 1.02 bits per heavy atom. The van der Waals surface area contributed by atoms with E-state index in [2.05, 4.69) is 4.57 Å². The van der Waals surface area contributed by atoms with Gasteiger partial charge >= 0.3 is 6.03 Å². The average Bonchev–Trinajstić information content (AvgIpc) is 3.42. The molecule has 11 heteroatoms.